The summed E-state index contributed by atoms with van der Waals surface area (Å²) in [7, 11) is 0. The molecule has 0 aliphatic carbocycles. The number of amides is 4. The number of rotatable bonds is 3. The van der Waals surface area contributed by atoms with E-state index in [1.165, 1.54) is 0 Å². The number of urea groups is 1. The fourth-order valence-electron chi connectivity index (χ4n) is 3.76. The van der Waals surface area contributed by atoms with Crippen LogP contribution in [0.2, 0.25) is 0 Å². The third-order valence-electron chi connectivity index (χ3n) is 5.27. The van der Waals surface area contributed by atoms with Crippen molar-refractivity contribution in [3.8, 4) is 0 Å². The Morgan fingerprint density at radius 2 is 2.10 bits per heavy atom. The van der Waals surface area contributed by atoms with Crippen molar-refractivity contribution in [1.82, 2.24) is 14.8 Å². The number of thioether (sulfide) groups is 1. The number of anilines is 1. The summed E-state index contributed by atoms with van der Waals surface area (Å²) in [5.74, 6) is 0.670. The van der Waals surface area contributed by atoms with Crippen LogP contribution in [0.3, 0.4) is 0 Å². The number of pyridine rings is 1. The fraction of sp³-hybridized carbons (Fsp3) is 0.474. The van der Waals surface area contributed by atoms with E-state index in [0.29, 0.717) is 18.5 Å². The number of furan rings is 1. The fourth-order valence-corrected chi connectivity index (χ4v) is 4.72. The summed E-state index contributed by atoms with van der Waals surface area (Å²) in [4.78, 5) is 45.1. The molecule has 0 aromatic carbocycles. The second kappa shape index (κ2) is 7.94. The van der Waals surface area contributed by atoms with Crippen LogP contribution in [0.5, 0.6) is 0 Å². The van der Waals surface area contributed by atoms with Crippen molar-refractivity contribution < 1.29 is 18.8 Å². The van der Waals surface area contributed by atoms with Crippen LogP contribution in [0.1, 0.15) is 29.1 Å². The average molecular weight is 417 g/mol. The summed E-state index contributed by atoms with van der Waals surface area (Å²) < 4.78 is 5.47. The average Bonchev–Trinajstić information content (AvgIpc) is 3.36. The second-order valence-corrected chi connectivity index (χ2v) is 8.40. The van der Waals surface area contributed by atoms with Gasteiger partial charge in [0.2, 0.25) is 17.4 Å². The smallest absolute Gasteiger partial charge is 0.321 e. The van der Waals surface area contributed by atoms with E-state index in [2.05, 4.69) is 10.3 Å². The molecule has 4 heterocycles. The van der Waals surface area contributed by atoms with Crippen LogP contribution in [0.4, 0.5) is 10.5 Å². The Morgan fingerprint density at radius 3 is 2.83 bits per heavy atom. The molecule has 4 rings (SSSR count). The lowest BCUT2D eigenvalue weighted by molar-refractivity contribution is -0.135. The number of hydrogen-bond acceptors (Lipinski definition) is 6. The molecule has 10 heteroatoms. The van der Waals surface area contributed by atoms with Crippen LogP contribution in [0.25, 0.3) is 11.1 Å². The van der Waals surface area contributed by atoms with E-state index in [9.17, 15) is 14.4 Å². The third-order valence-corrected chi connectivity index (χ3v) is 6.24. The van der Waals surface area contributed by atoms with E-state index in [4.69, 9.17) is 10.2 Å². The quantitative estimate of drug-likeness (QED) is 0.788. The number of aryl methyl sites for hydroxylation is 1. The van der Waals surface area contributed by atoms with Gasteiger partial charge in [-0.2, -0.15) is 0 Å². The largest absolute Gasteiger partial charge is 0.430 e. The first kappa shape index (κ1) is 19.6. The third kappa shape index (κ3) is 3.89. The molecule has 2 aromatic rings. The molecular formula is C19H23N5O4S. The number of aromatic nitrogens is 1. The maximum atomic E-state index is 12.9. The Labute approximate surface area is 172 Å². The molecule has 0 spiro atoms. The topological polar surface area (TPSA) is 122 Å². The number of hydrogen-bond donors (Lipinski definition) is 2. The van der Waals surface area contributed by atoms with Gasteiger partial charge in [-0.15, -0.1) is 11.8 Å². The van der Waals surface area contributed by atoms with Gasteiger partial charge >= 0.3 is 6.03 Å². The maximum absolute atomic E-state index is 12.9. The van der Waals surface area contributed by atoms with Crippen LogP contribution >= 0.6 is 11.8 Å². The van der Waals surface area contributed by atoms with Gasteiger partial charge in [0, 0.05) is 31.1 Å². The number of fused-ring (bicyclic) bond motifs is 1. The van der Waals surface area contributed by atoms with Gasteiger partial charge in [-0.25, -0.2) is 9.78 Å². The number of nitrogens with two attached hydrogens (primary N) is 1. The van der Waals surface area contributed by atoms with Crippen molar-refractivity contribution in [3.05, 3.63) is 23.6 Å². The molecule has 154 valence electrons. The molecule has 2 aromatic heterocycles. The van der Waals surface area contributed by atoms with E-state index < -0.39 is 5.91 Å². The van der Waals surface area contributed by atoms with E-state index in [-0.39, 0.29) is 35.0 Å². The zero-order valence-electron chi connectivity index (χ0n) is 16.1. The van der Waals surface area contributed by atoms with Crippen LogP contribution < -0.4 is 11.1 Å². The van der Waals surface area contributed by atoms with E-state index in [1.807, 2.05) is 4.90 Å². The number of nitrogens with zero attached hydrogens (tertiary/aromatic N) is 3. The first-order chi connectivity index (χ1) is 13.9. The van der Waals surface area contributed by atoms with Gasteiger partial charge < -0.3 is 25.3 Å². The molecule has 2 aliphatic rings. The van der Waals surface area contributed by atoms with Crippen molar-refractivity contribution in [2.75, 3.05) is 36.6 Å². The van der Waals surface area contributed by atoms with Gasteiger partial charge in [-0.05, 0) is 31.9 Å². The molecule has 0 unspecified atom stereocenters. The number of nitrogens with one attached hydrogen (secondary N) is 1. The van der Waals surface area contributed by atoms with Crippen molar-refractivity contribution in [2.24, 2.45) is 11.7 Å². The summed E-state index contributed by atoms with van der Waals surface area (Å²) in [5.41, 5.74) is 6.60. The minimum atomic E-state index is -0.783. The standard InChI is InChI=1S/C19H23N5O4S/c1-11-4-5-13-14(15(16(20)25)28-17(13)21-11)22-19(27)23-6-2-3-12(9-23)18(26)24-7-8-29-10-24/h4-5,12H,2-3,6-10H2,1H3,(H2,20,25)(H,22,27)/t12-/m1/s1. The van der Waals surface area contributed by atoms with Crippen LogP contribution in [0, 0.1) is 12.8 Å². The molecular weight excluding hydrogens is 394 g/mol. The number of piperidine rings is 1. The highest BCUT2D eigenvalue weighted by Crippen LogP contribution is 2.31. The first-order valence-corrected chi connectivity index (χ1v) is 10.7. The van der Waals surface area contributed by atoms with Crippen LogP contribution in [-0.2, 0) is 4.79 Å². The molecule has 0 radical (unpaired) electrons. The van der Waals surface area contributed by atoms with E-state index >= 15 is 0 Å². The zero-order valence-corrected chi connectivity index (χ0v) is 17.0. The molecule has 2 aliphatic heterocycles. The molecule has 0 saturated carbocycles. The number of primary amides is 1. The van der Waals surface area contributed by atoms with Gasteiger partial charge in [0.15, 0.2) is 0 Å². The van der Waals surface area contributed by atoms with Gasteiger partial charge in [-0.3, -0.25) is 9.59 Å². The molecule has 0 bridgehead atoms. The maximum Gasteiger partial charge on any atom is 0.321 e. The Kier molecular flexibility index (Phi) is 5.35. The van der Waals surface area contributed by atoms with Crippen LogP contribution in [0.15, 0.2) is 16.5 Å². The molecule has 2 saturated heterocycles. The Balaban J connectivity index is 1.52. The van der Waals surface area contributed by atoms with Crippen LogP contribution in [-0.4, -0.2) is 63.9 Å². The van der Waals surface area contributed by atoms with Gasteiger partial charge in [0.25, 0.3) is 5.91 Å². The number of likely N-dealkylation sites (tertiary alicyclic amines) is 1. The Morgan fingerprint density at radius 1 is 1.28 bits per heavy atom. The molecule has 3 N–H and O–H groups in total. The summed E-state index contributed by atoms with van der Waals surface area (Å²) in [6, 6.07) is 3.11. The van der Waals surface area contributed by atoms with Gasteiger partial charge in [0.05, 0.1) is 17.2 Å². The van der Waals surface area contributed by atoms with Crippen molar-refractivity contribution in [1.29, 1.82) is 0 Å². The highest BCUT2D eigenvalue weighted by molar-refractivity contribution is 7.99. The molecule has 4 amide bonds. The molecule has 29 heavy (non-hydrogen) atoms. The number of carbonyl (C=O) groups excluding carboxylic acids is 3. The predicted molar refractivity (Wildman–Crippen MR) is 110 cm³/mol. The monoisotopic (exact) mass is 417 g/mol. The lowest BCUT2D eigenvalue weighted by Crippen LogP contribution is -2.47. The van der Waals surface area contributed by atoms with Gasteiger partial charge in [0.1, 0.15) is 5.69 Å². The number of carbonyl (C=O) groups is 3. The summed E-state index contributed by atoms with van der Waals surface area (Å²) in [6.07, 6.45) is 1.52. The Bertz CT molecular complexity index is 969. The summed E-state index contributed by atoms with van der Waals surface area (Å²) in [6.45, 7) is 3.46. The van der Waals surface area contributed by atoms with E-state index in [1.54, 1.807) is 35.7 Å². The van der Waals surface area contributed by atoms with Crippen molar-refractivity contribution >= 4 is 46.4 Å². The SMILES string of the molecule is Cc1ccc2c(NC(=O)N3CCC[C@@H](C(=O)N4CCSC4)C3)c(C(N)=O)oc2n1. The molecule has 2 fully saturated rings. The molecule has 9 nitrogen and oxygen atoms in total. The predicted octanol–water partition coefficient (Wildman–Crippen LogP) is 2.01. The normalized spacial score (nSPS) is 19.6. The highest BCUT2D eigenvalue weighted by Gasteiger charge is 2.33. The minimum Gasteiger partial charge on any atom is -0.430 e. The lowest BCUT2D eigenvalue weighted by atomic mass is 9.97. The summed E-state index contributed by atoms with van der Waals surface area (Å²) in [5, 5.41) is 3.27. The van der Waals surface area contributed by atoms with E-state index in [0.717, 1.165) is 36.7 Å². The van der Waals surface area contributed by atoms with Crippen molar-refractivity contribution in [2.45, 2.75) is 19.8 Å². The summed E-state index contributed by atoms with van der Waals surface area (Å²) >= 11 is 1.74. The van der Waals surface area contributed by atoms with Gasteiger partial charge in [-0.1, -0.05) is 0 Å². The first-order valence-electron chi connectivity index (χ1n) is 9.56. The highest BCUT2D eigenvalue weighted by atomic mass is 32.2. The second-order valence-electron chi connectivity index (χ2n) is 7.33. The zero-order chi connectivity index (χ0) is 20.5. The van der Waals surface area contributed by atoms with Crippen molar-refractivity contribution in [3.63, 3.8) is 0 Å². The Hall–Kier alpha value is -2.75. The molecule has 1 atom stereocenters. The lowest BCUT2D eigenvalue weighted by Gasteiger charge is -2.33. The minimum absolute atomic E-state index is 0.110.